The molecule has 10 nitrogen and oxygen atoms in total. The van der Waals surface area contributed by atoms with Crippen LogP contribution in [0.15, 0.2) is 17.0 Å². The third kappa shape index (κ3) is 3.25. The number of fused-ring (bicyclic) bond motifs is 1. The van der Waals surface area contributed by atoms with Gasteiger partial charge in [-0.2, -0.15) is 13.9 Å². The zero-order chi connectivity index (χ0) is 21.0. The Hall–Kier alpha value is -2.53. The van der Waals surface area contributed by atoms with Gasteiger partial charge in [-0.1, -0.05) is 0 Å². The second-order valence-electron chi connectivity index (χ2n) is 8.23. The van der Waals surface area contributed by atoms with E-state index < -0.39 is 10.0 Å². The van der Waals surface area contributed by atoms with Crippen LogP contribution in [-0.2, 0) is 17.1 Å². The average molecular weight is 432 g/mol. The van der Waals surface area contributed by atoms with Crippen LogP contribution in [-0.4, -0.2) is 62.0 Å². The first-order chi connectivity index (χ1) is 14.3. The molecule has 0 radical (unpaired) electrons. The maximum absolute atomic E-state index is 13.1. The van der Waals surface area contributed by atoms with Gasteiger partial charge in [-0.05, 0) is 39.2 Å². The number of aryl methyl sites for hydroxylation is 2. The first-order valence-electron chi connectivity index (χ1n) is 10.2. The highest BCUT2D eigenvalue weighted by Gasteiger charge is 2.36. The van der Waals surface area contributed by atoms with Crippen molar-refractivity contribution < 1.29 is 13.2 Å². The lowest BCUT2D eigenvalue weighted by atomic mass is 10.1. The van der Waals surface area contributed by atoms with Gasteiger partial charge in [-0.15, -0.1) is 15.3 Å². The molecule has 1 saturated heterocycles. The van der Waals surface area contributed by atoms with Gasteiger partial charge in [0, 0.05) is 38.0 Å². The molecule has 0 amide bonds. The van der Waals surface area contributed by atoms with E-state index in [2.05, 4.69) is 20.4 Å². The van der Waals surface area contributed by atoms with Crippen molar-refractivity contribution in [2.45, 2.75) is 43.9 Å². The Morgan fingerprint density at radius 3 is 2.63 bits per heavy atom. The summed E-state index contributed by atoms with van der Waals surface area (Å²) < 4.78 is 37.1. The van der Waals surface area contributed by atoms with Crippen molar-refractivity contribution in [1.82, 2.24) is 33.9 Å². The zero-order valence-electron chi connectivity index (χ0n) is 17.3. The topological polar surface area (TPSA) is 108 Å². The number of hydrogen-bond donors (Lipinski definition) is 0. The molecule has 11 heteroatoms. The Morgan fingerprint density at radius 1 is 1.13 bits per heavy atom. The van der Waals surface area contributed by atoms with Crippen molar-refractivity contribution in [3.63, 3.8) is 0 Å². The van der Waals surface area contributed by atoms with Gasteiger partial charge >= 0.3 is 0 Å². The molecule has 0 bridgehead atoms. The van der Waals surface area contributed by atoms with Crippen LogP contribution in [0.25, 0.3) is 5.65 Å². The van der Waals surface area contributed by atoms with Crippen molar-refractivity contribution in [3.05, 3.63) is 29.3 Å². The summed E-state index contributed by atoms with van der Waals surface area (Å²) in [5, 5.41) is 17.2. The molecule has 1 unspecified atom stereocenters. The quantitative estimate of drug-likeness (QED) is 0.581. The molecule has 0 N–H and O–H groups in total. The first kappa shape index (κ1) is 19.4. The summed E-state index contributed by atoms with van der Waals surface area (Å²) in [5.74, 6) is 1.94. The SMILES string of the molecule is Cc1nn(C)c(C)c1S(=O)(=O)N1CCC(COc2ccc3nnc(C4CC4)n3n2)C1. The molecule has 160 valence electrons. The molecule has 1 atom stereocenters. The van der Waals surface area contributed by atoms with Crippen LogP contribution in [0.5, 0.6) is 5.88 Å². The Balaban J connectivity index is 1.27. The summed E-state index contributed by atoms with van der Waals surface area (Å²) in [7, 11) is -1.81. The van der Waals surface area contributed by atoms with Crippen LogP contribution in [0.1, 0.15) is 42.4 Å². The van der Waals surface area contributed by atoms with Gasteiger partial charge in [0.1, 0.15) is 4.90 Å². The highest BCUT2D eigenvalue weighted by Crippen LogP contribution is 2.38. The summed E-state index contributed by atoms with van der Waals surface area (Å²) in [6.07, 6.45) is 2.99. The smallest absolute Gasteiger partial charge is 0.246 e. The van der Waals surface area contributed by atoms with E-state index >= 15 is 0 Å². The van der Waals surface area contributed by atoms with E-state index in [1.54, 1.807) is 40.5 Å². The fourth-order valence-corrected chi connectivity index (χ4v) is 6.00. The summed E-state index contributed by atoms with van der Waals surface area (Å²) >= 11 is 0. The van der Waals surface area contributed by atoms with Crippen molar-refractivity contribution >= 4 is 15.7 Å². The lowest BCUT2D eigenvalue weighted by Gasteiger charge is -2.17. The molecule has 1 saturated carbocycles. The molecular formula is C19H25N7O3S. The largest absolute Gasteiger partial charge is 0.476 e. The molecule has 0 aromatic carbocycles. The van der Waals surface area contributed by atoms with E-state index in [4.69, 9.17) is 4.74 Å². The van der Waals surface area contributed by atoms with Crippen molar-refractivity contribution in [1.29, 1.82) is 0 Å². The molecule has 30 heavy (non-hydrogen) atoms. The molecule has 3 aromatic heterocycles. The second-order valence-corrected chi connectivity index (χ2v) is 10.1. The molecule has 2 aliphatic rings. The zero-order valence-corrected chi connectivity index (χ0v) is 18.1. The predicted octanol–water partition coefficient (Wildman–Crippen LogP) is 1.44. The van der Waals surface area contributed by atoms with Crippen LogP contribution < -0.4 is 4.74 Å². The minimum Gasteiger partial charge on any atom is -0.476 e. The number of nitrogens with zero attached hydrogens (tertiary/aromatic N) is 7. The lowest BCUT2D eigenvalue weighted by molar-refractivity contribution is 0.243. The molecule has 0 spiro atoms. The molecule has 2 fully saturated rings. The molecule has 1 aliphatic carbocycles. The normalized spacial score (nSPS) is 20.3. The standard InChI is InChI=1S/C19H25N7O3S/c1-12-18(13(2)24(3)22-12)30(27,28)25-9-8-14(10-25)11-29-17-7-6-16-20-21-19(15-4-5-15)26(16)23-17/h6-7,14-15H,4-5,8-11H2,1-3H3. The highest BCUT2D eigenvalue weighted by atomic mass is 32.2. The highest BCUT2D eigenvalue weighted by molar-refractivity contribution is 7.89. The average Bonchev–Trinajstić information content (AvgIpc) is 3.17. The van der Waals surface area contributed by atoms with Gasteiger partial charge in [-0.3, -0.25) is 4.68 Å². The van der Waals surface area contributed by atoms with E-state index in [-0.39, 0.29) is 5.92 Å². The Bertz CT molecular complexity index is 1210. The third-order valence-electron chi connectivity index (χ3n) is 5.96. The second kappa shape index (κ2) is 7.02. The van der Waals surface area contributed by atoms with Crippen LogP contribution in [0.2, 0.25) is 0 Å². The minimum absolute atomic E-state index is 0.110. The van der Waals surface area contributed by atoms with E-state index in [0.717, 1.165) is 25.1 Å². The lowest BCUT2D eigenvalue weighted by Crippen LogP contribution is -2.30. The monoisotopic (exact) mass is 431 g/mol. The van der Waals surface area contributed by atoms with Gasteiger partial charge in [0.05, 0.1) is 18.0 Å². The van der Waals surface area contributed by atoms with Crippen molar-refractivity contribution in [3.8, 4) is 5.88 Å². The van der Waals surface area contributed by atoms with Gasteiger partial charge < -0.3 is 4.74 Å². The summed E-state index contributed by atoms with van der Waals surface area (Å²) in [4.78, 5) is 0.318. The number of aromatic nitrogens is 6. The molecule has 4 heterocycles. The van der Waals surface area contributed by atoms with Gasteiger partial charge in [-0.25, -0.2) is 8.42 Å². The summed E-state index contributed by atoms with van der Waals surface area (Å²) in [6.45, 7) is 4.84. The van der Waals surface area contributed by atoms with Crippen molar-refractivity contribution in [2.75, 3.05) is 19.7 Å². The molecule has 3 aromatic rings. The first-order valence-corrected chi connectivity index (χ1v) is 11.6. The number of rotatable bonds is 6. The van der Waals surface area contributed by atoms with Crippen LogP contribution in [0.4, 0.5) is 0 Å². The van der Waals surface area contributed by atoms with Gasteiger partial charge in [0.15, 0.2) is 11.5 Å². The summed E-state index contributed by atoms with van der Waals surface area (Å²) in [6, 6.07) is 3.63. The fraction of sp³-hybridized carbons (Fsp3) is 0.579. The minimum atomic E-state index is -3.57. The van der Waals surface area contributed by atoms with Crippen LogP contribution in [0.3, 0.4) is 0 Å². The van der Waals surface area contributed by atoms with Crippen LogP contribution >= 0.6 is 0 Å². The molecule has 1 aliphatic heterocycles. The van der Waals surface area contributed by atoms with E-state index in [1.807, 2.05) is 6.07 Å². The van der Waals surface area contributed by atoms with Crippen molar-refractivity contribution in [2.24, 2.45) is 13.0 Å². The Kier molecular flexibility index (Phi) is 4.55. The van der Waals surface area contributed by atoms with Gasteiger partial charge in [0.2, 0.25) is 15.9 Å². The maximum atomic E-state index is 13.1. The number of ether oxygens (including phenoxy) is 1. The Morgan fingerprint density at radius 2 is 1.93 bits per heavy atom. The van der Waals surface area contributed by atoms with E-state index in [0.29, 0.717) is 53.4 Å². The fourth-order valence-electron chi connectivity index (χ4n) is 4.07. The predicted molar refractivity (Wildman–Crippen MR) is 108 cm³/mol. The maximum Gasteiger partial charge on any atom is 0.246 e. The van der Waals surface area contributed by atoms with E-state index in [9.17, 15) is 8.42 Å². The third-order valence-corrected chi connectivity index (χ3v) is 8.08. The van der Waals surface area contributed by atoms with Crippen LogP contribution in [0, 0.1) is 19.8 Å². The molecule has 5 rings (SSSR count). The summed E-state index contributed by atoms with van der Waals surface area (Å²) in [5.41, 5.74) is 1.90. The number of sulfonamides is 1. The van der Waals surface area contributed by atoms with E-state index in [1.165, 1.54) is 0 Å². The molecular weight excluding hydrogens is 406 g/mol. The Labute approximate surface area is 174 Å². The van der Waals surface area contributed by atoms with Gasteiger partial charge in [0.25, 0.3) is 0 Å². The number of hydrogen-bond acceptors (Lipinski definition) is 7.